The van der Waals surface area contributed by atoms with Gasteiger partial charge in [-0.15, -0.1) is 0 Å². The van der Waals surface area contributed by atoms with E-state index in [0.29, 0.717) is 38.3 Å². The molecule has 1 aliphatic rings. The fourth-order valence-corrected chi connectivity index (χ4v) is 2.85. The number of imidazole rings is 1. The number of rotatable bonds is 6. The van der Waals surface area contributed by atoms with Gasteiger partial charge < -0.3 is 19.7 Å². The Hall–Kier alpha value is -2.71. The van der Waals surface area contributed by atoms with E-state index in [1.807, 2.05) is 0 Å². The number of benzene rings is 1. The summed E-state index contributed by atoms with van der Waals surface area (Å²) in [5, 5.41) is 8.93. The Bertz CT molecular complexity index is 722. The Morgan fingerprint density at radius 3 is 2.50 bits per heavy atom. The minimum atomic E-state index is -0.525. The summed E-state index contributed by atoms with van der Waals surface area (Å²) in [6.45, 7) is 3.06. The van der Waals surface area contributed by atoms with Gasteiger partial charge in [0.1, 0.15) is 5.82 Å². The van der Waals surface area contributed by atoms with Gasteiger partial charge in [0, 0.05) is 50.7 Å². The first kappa shape index (κ1) is 18.1. The topological polar surface area (TPSA) is 98.8 Å². The maximum Gasteiger partial charge on any atom is 0.338 e. The number of hydrogen-bond acceptors (Lipinski definition) is 6. The van der Waals surface area contributed by atoms with Gasteiger partial charge in [-0.05, 0) is 12.1 Å². The van der Waals surface area contributed by atoms with E-state index < -0.39 is 5.97 Å². The molecule has 2 N–H and O–H groups in total. The number of carbonyl (C=O) groups excluding carboxylic acids is 2. The van der Waals surface area contributed by atoms with Crippen molar-refractivity contribution in [2.45, 2.75) is 0 Å². The first-order valence-corrected chi connectivity index (χ1v) is 8.55. The molecular formula is C18H22N4O4. The second-order valence-corrected chi connectivity index (χ2v) is 6.04. The van der Waals surface area contributed by atoms with Gasteiger partial charge in [-0.3, -0.25) is 9.69 Å². The number of H-pyrrole nitrogens is 1. The number of ether oxygens (including phenoxy) is 1. The van der Waals surface area contributed by atoms with Crippen molar-refractivity contribution in [1.82, 2.24) is 19.8 Å². The molecule has 1 aliphatic heterocycles. The van der Waals surface area contributed by atoms with Crippen LogP contribution in [0.25, 0.3) is 11.4 Å². The van der Waals surface area contributed by atoms with E-state index in [1.54, 1.807) is 41.6 Å². The number of piperazine rings is 1. The van der Waals surface area contributed by atoms with Gasteiger partial charge in [-0.2, -0.15) is 0 Å². The first-order valence-electron chi connectivity index (χ1n) is 8.55. The van der Waals surface area contributed by atoms with Crippen LogP contribution in [0, 0.1) is 0 Å². The van der Waals surface area contributed by atoms with Gasteiger partial charge >= 0.3 is 5.97 Å². The molecule has 26 heavy (non-hydrogen) atoms. The molecule has 0 atom stereocenters. The normalized spacial score (nSPS) is 15.0. The molecular weight excluding hydrogens is 336 g/mol. The average Bonchev–Trinajstić information content (AvgIpc) is 3.21. The van der Waals surface area contributed by atoms with Crippen LogP contribution in [-0.2, 0) is 9.53 Å². The molecule has 3 rings (SSSR count). The molecule has 1 aromatic heterocycles. The average molecular weight is 358 g/mol. The molecule has 0 aliphatic carbocycles. The van der Waals surface area contributed by atoms with Crippen LogP contribution in [-0.4, -0.2) is 82.7 Å². The maximum absolute atomic E-state index is 12.2. The minimum Gasteiger partial charge on any atom is -0.452 e. The maximum atomic E-state index is 12.2. The highest BCUT2D eigenvalue weighted by Gasteiger charge is 2.21. The predicted octanol–water partition coefficient (Wildman–Crippen LogP) is 0.370. The standard InChI is InChI=1S/C18H22N4O4/c23-12-11-21-7-9-22(10-8-21)16(24)13-26-18(25)15-3-1-14(2-4-15)17-19-5-6-20-17/h1-6,23H,7-13H2,(H,19,20). The molecule has 0 unspecified atom stereocenters. The van der Waals surface area contributed by atoms with E-state index in [0.717, 1.165) is 11.4 Å². The summed E-state index contributed by atoms with van der Waals surface area (Å²) < 4.78 is 5.14. The van der Waals surface area contributed by atoms with Crippen LogP contribution in [0.1, 0.15) is 10.4 Å². The van der Waals surface area contributed by atoms with E-state index in [1.165, 1.54) is 0 Å². The van der Waals surface area contributed by atoms with Gasteiger partial charge in [-0.25, -0.2) is 9.78 Å². The number of β-amino-alcohol motifs (C(OH)–C–C–N with tert-alkyl or cyclic N) is 1. The van der Waals surface area contributed by atoms with E-state index in [4.69, 9.17) is 9.84 Å². The Balaban J connectivity index is 1.47. The molecule has 8 nitrogen and oxygen atoms in total. The predicted molar refractivity (Wildman–Crippen MR) is 94.4 cm³/mol. The summed E-state index contributed by atoms with van der Waals surface area (Å²) in [6, 6.07) is 6.85. The molecule has 1 fully saturated rings. The fourth-order valence-electron chi connectivity index (χ4n) is 2.85. The van der Waals surface area contributed by atoms with Gasteiger partial charge in [0.05, 0.1) is 12.2 Å². The van der Waals surface area contributed by atoms with Crippen LogP contribution in [0.15, 0.2) is 36.7 Å². The third kappa shape index (κ3) is 4.47. The molecule has 0 bridgehead atoms. The summed E-state index contributed by atoms with van der Waals surface area (Å²) in [5.41, 5.74) is 1.25. The summed E-state index contributed by atoms with van der Waals surface area (Å²) in [7, 11) is 0. The monoisotopic (exact) mass is 358 g/mol. The van der Waals surface area contributed by atoms with Crippen molar-refractivity contribution in [3.8, 4) is 11.4 Å². The van der Waals surface area contributed by atoms with Crippen molar-refractivity contribution in [2.75, 3.05) is 45.9 Å². The quantitative estimate of drug-likeness (QED) is 0.724. The summed E-state index contributed by atoms with van der Waals surface area (Å²) in [5.74, 6) is -0.00194. The summed E-state index contributed by atoms with van der Waals surface area (Å²) in [4.78, 5) is 35.2. The number of nitrogens with one attached hydrogen (secondary N) is 1. The molecule has 8 heteroatoms. The lowest BCUT2D eigenvalue weighted by Crippen LogP contribution is -2.50. The highest BCUT2D eigenvalue weighted by atomic mass is 16.5. The van der Waals surface area contributed by atoms with E-state index in [9.17, 15) is 9.59 Å². The zero-order valence-corrected chi connectivity index (χ0v) is 14.4. The summed E-state index contributed by atoms with van der Waals surface area (Å²) >= 11 is 0. The summed E-state index contributed by atoms with van der Waals surface area (Å²) in [6.07, 6.45) is 3.39. The SMILES string of the molecule is O=C(OCC(=O)N1CCN(CCO)CC1)c1ccc(-c2ncc[nH]2)cc1. The van der Waals surface area contributed by atoms with Crippen LogP contribution >= 0.6 is 0 Å². The molecule has 2 aromatic rings. The number of aliphatic hydroxyl groups is 1. The van der Waals surface area contributed by atoms with Crippen molar-refractivity contribution in [3.63, 3.8) is 0 Å². The molecule has 138 valence electrons. The van der Waals surface area contributed by atoms with Crippen LogP contribution in [0.2, 0.25) is 0 Å². The zero-order valence-electron chi connectivity index (χ0n) is 14.4. The van der Waals surface area contributed by atoms with Gasteiger partial charge in [0.25, 0.3) is 5.91 Å². The third-order valence-electron chi connectivity index (χ3n) is 4.36. The fraction of sp³-hybridized carbons (Fsp3) is 0.389. The highest BCUT2D eigenvalue weighted by Crippen LogP contribution is 2.15. The lowest BCUT2D eigenvalue weighted by Gasteiger charge is -2.34. The molecule has 0 spiro atoms. The number of aromatic amines is 1. The van der Waals surface area contributed by atoms with Crippen LogP contribution in [0.5, 0.6) is 0 Å². The number of aliphatic hydroxyl groups excluding tert-OH is 1. The Morgan fingerprint density at radius 2 is 1.88 bits per heavy atom. The number of amides is 1. The van der Waals surface area contributed by atoms with Gasteiger partial charge in [-0.1, -0.05) is 12.1 Å². The second-order valence-electron chi connectivity index (χ2n) is 6.04. The smallest absolute Gasteiger partial charge is 0.338 e. The Kier molecular flexibility index (Phi) is 5.98. The van der Waals surface area contributed by atoms with Crippen molar-refractivity contribution < 1.29 is 19.4 Å². The van der Waals surface area contributed by atoms with E-state index >= 15 is 0 Å². The Labute approximate surface area is 151 Å². The van der Waals surface area contributed by atoms with Crippen molar-refractivity contribution in [2.24, 2.45) is 0 Å². The Morgan fingerprint density at radius 1 is 1.15 bits per heavy atom. The lowest BCUT2D eigenvalue weighted by atomic mass is 10.1. The van der Waals surface area contributed by atoms with E-state index in [-0.39, 0.29) is 19.1 Å². The van der Waals surface area contributed by atoms with Gasteiger partial charge in [0.15, 0.2) is 6.61 Å². The molecule has 1 amide bonds. The van der Waals surface area contributed by atoms with Crippen molar-refractivity contribution >= 4 is 11.9 Å². The number of hydrogen-bond donors (Lipinski definition) is 2. The van der Waals surface area contributed by atoms with Crippen LogP contribution in [0.4, 0.5) is 0 Å². The van der Waals surface area contributed by atoms with Gasteiger partial charge in [0.2, 0.25) is 0 Å². The molecule has 1 aromatic carbocycles. The molecule has 0 radical (unpaired) electrons. The second kappa shape index (κ2) is 8.59. The van der Waals surface area contributed by atoms with E-state index in [2.05, 4.69) is 14.9 Å². The number of nitrogens with zero attached hydrogens (tertiary/aromatic N) is 3. The molecule has 0 saturated carbocycles. The zero-order chi connectivity index (χ0) is 18.4. The number of carbonyl (C=O) groups is 2. The first-order chi connectivity index (χ1) is 12.7. The lowest BCUT2D eigenvalue weighted by molar-refractivity contribution is -0.136. The molecule has 1 saturated heterocycles. The highest BCUT2D eigenvalue weighted by molar-refractivity contribution is 5.91. The van der Waals surface area contributed by atoms with Crippen LogP contribution < -0.4 is 0 Å². The van der Waals surface area contributed by atoms with Crippen molar-refractivity contribution in [1.29, 1.82) is 0 Å². The largest absolute Gasteiger partial charge is 0.452 e. The molecule has 2 heterocycles. The number of esters is 1. The van der Waals surface area contributed by atoms with Crippen molar-refractivity contribution in [3.05, 3.63) is 42.2 Å². The third-order valence-corrected chi connectivity index (χ3v) is 4.36. The minimum absolute atomic E-state index is 0.115. The van der Waals surface area contributed by atoms with Crippen LogP contribution in [0.3, 0.4) is 0 Å². The number of aromatic nitrogens is 2.